The molecule has 0 radical (unpaired) electrons. The molecule has 0 spiro atoms. The molecule has 0 aliphatic heterocycles. The molecule has 7 heteroatoms. The predicted octanol–water partition coefficient (Wildman–Crippen LogP) is 12.7. The minimum absolute atomic E-state index is 0.0588. The number of nitrogen functional groups attached to an aromatic ring is 2. The zero-order chi connectivity index (χ0) is 40.9. The molecule has 7 rings (SSSR count). The van der Waals surface area contributed by atoms with Crippen molar-refractivity contribution in [2.45, 2.75) is 85.0 Å². The van der Waals surface area contributed by atoms with E-state index in [9.17, 15) is 15.6 Å². The first kappa shape index (κ1) is 40.0. The number of hydrogen-bond acceptors (Lipinski definition) is 7. The van der Waals surface area contributed by atoms with Gasteiger partial charge in [-0.3, -0.25) is 0 Å². The lowest BCUT2D eigenvalue weighted by Crippen LogP contribution is -2.27. The summed E-state index contributed by atoms with van der Waals surface area (Å²) in [5.74, 6) is -0.745. The average Bonchev–Trinajstić information content (AvgIpc) is 3.24. The highest BCUT2D eigenvalue weighted by Crippen LogP contribution is 2.58. The van der Waals surface area contributed by atoms with Gasteiger partial charge in [0.05, 0.1) is 5.92 Å². The predicted molar refractivity (Wildman–Crippen MR) is 246 cm³/mol. The molecule has 0 saturated heterocycles. The lowest BCUT2D eigenvalue weighted by atomic mass is 9.67. The minimum Gasteiger partial charge on any atom is -0.511 e. The van der Waals surface area contributed by atoms with Gasteiger partial charge in [-0.15, -0.1) is 0 Å². The number of nitrogens with two attached hydrogens (primary N) is 2. The molecule has 0 fully saturated rings. The van der Waals surface area contributed by atoms with E-state index >= 15 is 0 Å². The SMILES string of the molecule is CCCCN(CCCC)c1cc(N)c(C2=C(O)C(c3c(N)cc(N(CCCC)CCCC)c4cc5ccccc5cc34)C2=C(C#N)C#N)c2cc3ccccc3cc12. The van der Waals surface area contributed by atoms with Gasteiger partial charge < -0.3 is 26.4 Å². The highest BCUT2D eigenvalue weighted by molar-refractivity contribution is 6.16. The largest absolute Gasteiger partial charge is 0.511 e. The van der Waals surface area contributed by atoms with Gasteiger partial charge in [-0.05, 0) is 100.0 Å². The Morgan fingerprint density at radius 1 is 0.586 bits per heavy atom. The molecule has 0 saturated carbocycles. The molecule has 0 aromatic heterocycles. The van der Waals surface area contributed by atoms with Crippen molar-refractivity contribution in [3.05, 3.63) is 113 Å². The molecule has 1 aliphatic carbocycles. The number of allylic oxidation sites excluding steroid dienone is 3. The summed E-state index contributed by atoms with van der Waals surface area (Å²) in [4.78, 5) is 4.89. The topological polar surface area (TPSA) is 126 Å². The van der Waals surface area contributed by atoms with Crippen LogP contribution in [0.5, 0.6) is 0 Å². The summed E-state index contributed by atoms with van der Waals surface area (Å²) in [6, 6.07) is 33.8. The fourth-order valence-corrected chi connectivity index (χ4v) is 8.92. The fourth-order valence-electron chi connectivity index (χ4n) is 8.92. The summed E-state index contributed by atoms with van der Waals surface area (Å²) in [5.41, 5.74) is 19.6. The summed E-state index contributed by atoms with van der Waals surface area (Å²) in [7, 11) is 0. The molecular formula is C51H56N6O. The molecule has 5 N–H and O–H groups in total. The Labute approximate surface area is 343 Å². The van der Waals surface area contributed by atoms with Crippen LogP contribution in [0.25, 0.3) is 48.7 Å². The van der Waals surface area contributed by atoms with Crippen molar-refractivity contribution in [2.24, 2.45) is 0 Å². The number of rotatable bonds is 16. The molecule has 1 unspecified atom stereocenters. The first-order valence-corrected chi connectivity index (χ1v) is 21.3. The van der Waals surface area contributed by atoms with Crippen molar-refractivity contribution in [3.8, 4) is 12.1 Å². The summed E-state index contributed by atoms with van der Waals surface area (Å²) >= 11 is 0. The zero-order valence-electron chi connectivity index (χ0n) is 34.5. The van der Waals surface area contributed by atoms with Gasteiger partial charge in [0.15, 0.2) is 0 Å². The van der Waals surface area contributed by atoms with Gasteiger partial charge in [-0.25, -0.2) is 0 Å². The van der Waals surface area contributed by atoms with E-state index in [2.05, 4.69) is 98.2 Å². The molecule has 296 valence electrons. The van der Waals surface area contributed by atoms with E-state index in [1.807, 2.05) is 36.4 Å². The normalized spacial score (nSPS) is 13.9. The molecule has 0 heterocycles. The van der Waals surface area contributed by atoms with Gasteiger partial charge in [0.2, 0.25) is 0 Å². The van der Waals surface area contributed by atoms with Crippen LogP contribution in [0, 0.1) is 22.7 Å². The smallest absolute Gasteiger partial charge is 0.134 e. The monoisotopic (exact) mass is 768 g/mol. The maximum Gasteiger partial charge on any atom is 0.134 e. The van der Waals surface area contributed by atoms with E-state index in [0.717, 1.165) is 132 Å². The first-order chi connectivity index (χ1) is 28.3. The summed E-state index contributed by atoms with van der Waals surface area (Å²) in [5, 5.41) is 41.9. The second-order valence-electron chi connectivity index (χ2n) is 15.8. The van der Waals surface area contributed by atoms with Gasteiger partial charge in [-0.1, -0.05) is 102 Å². The first-order valence-electron chi connectivity index (χ1n) is 21.3. The van der Waals surface area contributed by atoms with Crippen molar-refractivity contribution in [3.63, 3.8) is 0 Å². The molecule has 7 nitrogen and oxygen atoms in total. The summed E-state index contributed by atoms with van der Waals surface area (Å²) < 4.78 is 0. The maximum absolute atomic E-state index is 12.6. The highest BCUT2D eigenvalue weighted by atomic mass is 16.3. The molecule has 1 aliphatic rings. The second-order valence-corrected chi connectivity index (χ2v) is 15.8. The quantitative estimate of drug-likeness (QED) is 0.0508. The molecule has 1 atom stereocenters. The van der Waals surface area contributed by atoms with Gasteiger partial charge >= 0.3 is 0 Å². The molecule has 0 amide bonds. The van der Waals surface area contributed by atoms with Crippen molar-refractivity contribution in [1.82, 2.24) is 0 Å². The molecule has 0 bridgehead atoms. The minimum atomic E-state index is -0.804. The number of aliphatic hydroxyl groups excluding tert-OH is 1. The highest BCUT2D eigenvalue weighted by Gasteiger charge is 2.43. The molecular weight excluding hydrogens is 713 g/mol. The van der Waals surface area contributed by atoms with Crippen LogP contribution in [-0.2, 0) is 0 Å². The van der Waals surface area contributed by atoms with Crippen LogP contribution in [0.1, 0.15) is 96.1 Å². The maximum atomic E-state index is 12.6. The van der Waals surface area contributed by atoms with Crippen LogP contribution in [0.15, 0.2) is 102 Å². The zero-order valence-corrected chi connectivity index (χ0v) is 34.5. The third-order valence-corrected chi connectivity index (χ3v) is 12.0. The number of aliphatic hydroxyl groups is 1. The van der Waals surface area contributed by atoms with Crippen LogP contribution in [-0.4, -0.2) is 31.3 Å². The Kier molecular flexibility index (Phi) is 12.1. The Balaban J connectivity index is 1.52. The lowest BCUT2D eigenvalue weighted by Gasteiger charge is -2.37. The number of fused-ring (bicyclic) bond motifs is 4. The van der Waals surface area contributed by atoms with E-state index in [0.29, 0.717) is 33.6 Å². The average molecular weight is 769 g/mol. The number of hydrogen-bond donors (Lipinski definition) is 3. The van der Waals surface area contributed by atoms with Gasteiger partial charge in [0.25, 0.3) is 0 Å². The lowest BCUT2D eigenvalue weighted by molar-refractivity contribution is 0.371. The van der Waals surface area contributed by atoms with Crippen molar-refractivity contribution in [2.75, 3.05) is 47.4 Å². The standard InChI is InChI=1S/C51H56N6O/c1-5-9-21-56(22-10-6-2)44-29-42(54)47(40-27-35-19-15-13-17-33(35)25-38(40)44)49-46(37(31-52)32-53)50(51(49)58)48-41-28-36-20-16-14-18-34(36)26-39(41)45(30-43(48)55)57(23-11-7-3)24-12-8-4/h13-20,25-30,49,58H,5-12,21-24,54-55H2,1-4H3. The van der Waals surface area contributed by atoms with Crippen molar-refractivity contribution >= 4 is 71.4 Å². The fraction of sp³-hybridized carbons (Fsp3) is 0.333. The van der Waals surface area contributed by atoms with Crippen LogP contribution in [0.2, 0.25) is 0 Å². The van der Waals surface area contributed by atoms with Gasteiger partial charge in [-0.2, -0.15) is 10.5 Å². The molecule has 6 aromatic rings. The molecule has 58 heavy (non-hydrogen) atoms. The Bertz CT molecular complexity index is 2630. The van der Waals surface area contributed by atoms with Crippen LogP contribution < -0.4 is 21.3 Å². The van der Waals surface area contributed by atoms with Crippen LogP contribution in [0.3, 0.4) is 0 Å². The number of anilines is 4. The number of unbranched alkanes of at least 4 members (excludes halogenated alkanes) is 4. The van der Waals surface area contributed by atoms with Gasteiger partial charge in [0.1, 0.15) is 23.5 Å². The van der Waals surface area contributed by atoms with E-state index in [1.54, 1.807) is 0 Å². The van der Waals surface area contributed by atoms with E-state index < -0.39 is 5.92 Å². The summed E-state index contributed by atoms with van der Waals surface area (Å²) in [6.07, 6.45) is 8.49. The van der Waals surface area contributed by atoms with E-state index in [1.165, 1.54) is 0 Å². The number of nitrogens with zero attached hydrogens (tertiary/aromatic N) is 4. The Morgan fingerprint density at radius 3 is 1.41 bits per heavy atom. The van der Waals surface area contributed by atoms with Crippen molar-refractivity contribution in [1.29, 1.82) is 10.5 Å². The van der Waals surface area contributed by atoms with Gasteiger partial charge in [0, 0.05) is 76.4 Å². The molecule has 6 aromatic carbocycles. The Morgan fingerprint density at radius 2 is 0.983 bits per heavy atom. The number of nitriles is 2. The van der Waals surface area contributed by atoms with E-state index in [-0.39, 0.29) is 11.3 Å². The van der Waals surface area contributed by atoms with E-state index in [4.69, 9.17) is 11.5 Å². The van der Waals surface area contributed by atoms with Crippen LogP contribution in [0.4, 0.5) is 22.7 Å². The third kappa shape index (κ3) is 7.27. The summed E-state index contributed by atoms with van der Waals surface area (Å²) in [6.45, 7) is 12.4. The third-order valence-electron chi connectivity index (χ3n) is 12.0. The van der Waals surface area contributed by atoms with Crippen molar-refractivity contribution < 1.29 is 5.11 Å². The number of benzene rings is 6. The Hall–Kier alpha value is -6.18. The second kappa shape index (κ2) is 17.5. The van der Waals surface area contributed by atoms with Crippen LogP contribution >= 0.6 is 0 Å².